The van der Waals surface area contributed by atoms with E-state index < -0.39 is 0 Å². The van der Waals surface area contributed by atoms with Crippen LogP contribution in [0.4, 0.5) is 0 Å². The van der Waals surface area contributed by atoms with Gasteiger partial charge in [0.2, 0.25) is 5.91 Å². The number of carbonyl (C=O) groups excluding carboxylic acids is 1. The van der Waals surface area contributed by atoms with E-state index in [2.05, 4.69) is 5.32 Å². The molecule has 0 spiro atoms. The molecule has 0 aromatic rings. The van der Waals surface area contributed by atoms with Gasteiger partial charge in [0.25, 0.3) is 0 Å². The van der Waals surface area contributed by atoms with E-state index in [1.165, 1.54) is 0 Å². The third-order valence-electron chi connectivity index (χ3n) is 3.21. The highest BCUT2D eigenvalue weighted by atomic mass is 16.3. The number of nitrogens with two attached hydrogens (primary N) is 1. The fourth-order valence-corrected chi connectivity index (χ4v) is 2.04. The third-order valence-corrected chi connectivity index (χ3v) is 3.21. The fourth-order valence-electron chi connectivity index (χ4n) is 2.04. The van der Waals surface area contributed by atoms with Crippen molar-refractivity contribution in [2.45, 2.75) is 51.2 Å². The normalized spacial score (nSPS) is 28.5. The Morgan fingerprint density at radius 1 is 1.53 bits per heavy atom. The first-order chi connectivity index (χ1) is 7.19. The molecule has 1 aliphatic rings. The van der Waals surface area contributed by atoms with E-state index in [0.29, 0.717) is 6.54 Å². The van der Waals surface area contributed by atoms with Crippen molar-refractivity contribution in [2.24, 2.45) is 11.7 Å². The van der Waals surface area contributed by atoms with E-state index in [1.807, 2.05) is 6.92 Å². The maximum Gasteiger partial charge on any atom is 0.224 e. The summed E-state index contributed by atoms with van der Waals surface area (Å²) in [4.78, 5) is 11.7. The van der Waals surface area contributed by atoms with Gasteiger partial charge in [-0.15, -0.1) is 0 Å². The topological polar surface area (TPSA) is 75.4 Å². The molecule has 1 saturated carbocycles. The molecule has 1 unspecified atom stereocenters. The maximum absolute atomic E-state index is 11.7. The standard InChI is InChI=1S/C11H22N2O2/c1-2-8(7-12)11(15)13-9-5-3-4-6-10(9)14/h8-10,14H,2-7,12H2,1H3,(H,13,15)/t8?,9-,10-/m1/s1. The Bertz CT molecular complexity index is 205. The molecule has 0 bridgehead atoms. The lowest BCUT2D eigenvalue weighted by Crippen LogP contribution is -2.48. The van der Waals surface area contributed by atoms with Gasteiger partial charge in [-0.3, -0.25) is 4.79 Å². The Balaban J connectivity index is 2.41. The van der Waals surface area contributed by atoms with Gasteiger partial charge < -0.3 is 16.2 Å². The maximum atomic E-state index is 11.7. The van der Waals surface area contributed by atoms with E-state index in [9.17, 15) is 9.90 Å². The summed E-state index contributed by atoms with van der Waals surface area (Å²) in [5, 5.41) is 12.6. The number of hydrogen-bond donors (Lipinski definition) is 3. The first kappa shape index (κ1) is 12.5. The van der Waals surface area contributed by atoms with Crippen LogP contribution >= 0.6 is 0 Å². The van der Waals surface area contributed by atoms with E-state index in [4.69, 9.17) is 5.73 Å². The van der Waals surface area contributed by atoms with E-state index >= 15 is 0 Å². The van der Waals surface area contributed by atoms with Crippen molar-refractivity contribution in [1.82, 2.24) is 5.32 Å². The molecule has 88 valence electrons. The van der Waals surface area contributed by atoms with Gasteiger partial charge in [0.1, 0.15) is 0 Å². The molecule has 4 heteroatoms. The summed E-state index contributed by atoms with van der Waals surface area (Å²) in [5.41, 5.74) is 5.50. The van der Waals surface area contributed by atoms with Crippen LogP contribution in [0.15, 0.2) is 0 Å². The monoisotopic (exact) mass is 214 g/mol. The predicted octanol–water partition coefficient (Wildman–Crippen LogP) is 0.391. The van der Waals surface area contributed by atoms with Crippen molar-refractivity contribution in [3.63, 3.8) is 0 Å². The number of rotatable bonds is 4. The number of aliphatic hydroxyl groups excluding tert-OH is 1. The van der Waals surface area contributed by atoms with Crippen LogP contribution < -0.4 is 11.1 Å². The van der Waals surface area contributed by atoms with Crippen LogP contribution in [-0.4, -0.2) is 29.7 Å². The molecule has 3 atom stereocenters. The van der Waals surface area contributed by atoms with Crippen LogP contribution in [0.2, 0.25) is 0 Å². The molecule has 4 N–H and O–H groups in total. The zero-order chi connectivity index (χ0) is 11.3. The van der Waals surface area contributed by atoms with Crippen LogP contribution in [0.5, 0.6) is 0 Å². The highest BCUT2D eigenvalue weighted by Crippen LogP contribution is 2.18. The van der Waals surface area contributed by atoms with Gasteiger partial charge in [-0.2, -0.15) is 0 Å². The van der Waals surface area contributed by atoms with Crippen molar-refractivity contribution >= 4 is 5.91 Å². The molecule has 0 aromatic heterocycles. The largest absolute Gasteiger partial charge is 0.391 e. The average molecular weight is 214 g/mol. The highest BCUT2D eigenvalue weighted by molar-refractivity contribution is 5.79. The molecular formula is C11H22N2O2. The van der Waals surface area contributed by atoms with Gasteiger partial charge in [0.05, 0.1) is 12.1 Å². The Kier molecular flexibility index (Phi) is 5.05. The molecule has 0 aromatic carbocycles. The predicted molar refractivity (Wildman–Crippen MR) is 59.2 cm³/mol. The summed E-state index contributed by atoms with van der Waals surface area (Å²) in [6.07, 6.45) is 4.20. The lowest BCUT2D eigenvalue weighted by molar-refractivity contribution is -0.126. The molecule has 1 rings (SSSR count). The van der Waals surface area contributed by atoms with Gasteiger partial charge >= 0.3 is 0 Å². The van der Waals surface area contributed by atoms with Gasteiger partial charge in [-0.25, -0.2) is 0 Å². The number of amides is 1. The summed E-state index contributed by atoms with van der Waals surface area (Å²) < 4.78 is 0. The molecule has 1 fully saturated rings. The minimum absolute atomic E-state index is 0.00838. The lowest BCUT2D eigenvalue weighted by atomic mass is 9.92. The van der Waals surface area contributed by atoms with Crippen molar-refractivity contribution in [3.05, 3.63) is 0 Å². The zero-order valence-corrected chi connectivity index (χ0v) is 9.41. The Morgan fingerprint density at radius 3 is 2.73 bits per heavy atom. The second-order valence-corrected chi connectivity index (χ2v) is 4.31. The van der Waals surface area contributed by atoms with Crippen LogP contribution in [0.1, 0.15) is 39.0 Å². The minimum atomic E-state index is -0.377. The van der Waals surface area contributed by atoms with E-state index in [0.717, 1.165) is 32.1 Å². The number of carbonyl (C=O) groups is 1. The summed E-state index contributed by atoms with van der Waals surface area (Å²) in [7, 11) is 0. The van der Waals surface area contributed by atoms with Crippen LogP contribution in [0.25, 0.3) is 0 Å². The second-order valence-electron chi connectivity index (χ2n) is 4.31. The Hall–Kier alpha value is -0.610. The molecule has 4 nitrogen and oxygen atoms in total. The fraction of sp³-hybridized carbons (Fsp3) is 0.909. The molecule has 15 heavy (non-hydrogen) atoms. The molecular weight excluding hydrogens is 192 g/mol. The molecule has 0 aliphatic heterocycles. The molecule has 1 amide bonds. The molecule has 0 heterocycles. The number of nitrogens with one attached hydrogen (secondary N) is 1. The summed E-state index contributed by atoms with van der Waals surface area (Å²) in [5.74, 6) is -0.120. The molecule has 0 radical (unpaired) electrons. The van der Waals surface area contributed by atoms with Gasteiger partial charge in [0, 0.05) is 12.5 Å². The first-order valence-electron chi connectivity index (χ1n) is 5.87. The van der Waals surface area contributed by atoms with Gasteiger partial charge in [-0.1, -0.05) is 19.8 Å². The molecule has 1 aliphatic carbocycles. The smallest absolute Gasteiger partial charge is 0.224 e. The van der Waals surface area contributed by atoms with Gasteiger partial charge in [0.15, 0.2) is 0 Å². The quantitative estimate of drug-likeness (QED) is 0.633. The Labute approximate surface area is 91.2 Å². The minimum Gasteiger partial charge on any atom is -0.391 e. The van der Waals surface area contributed by atoms with Crippen LogP contribution in [0.3, 0.4) is 0 Å². The van der Waals surface area contributed by atoms with E-state index in [-0.39, 0.29) is 24.0 Å². The second kappa shape index (κ2) is 6.08. The van der Waals surface area contributed by atoms with E-state index in [1.54, 1.807) is 0 Å². The Morgan fingerprint density at radius 2 is 2.20 bits per heavy atom. The zero-order valence-electron chi connectivity index (χ0n) is 9.41. The number of aliphatic hydroxyl groups is 1. The third kappa shape index (κ3) is 3.47. The SMILES string of the molecule is CCC(CN)C(=O)N[C@@H]1CCCC[C@H]1O. The average Bonchev–Trinajstić information content (AvgIpc) is 2.23. The van der Waals surface area contributed by atoms with Crippen molar-refractivity contribution < 1.29 is 9.90 Å². The first-order valence-corrected chi connectivity index (χ1v) is 5.87. The van der Waals surface area contributed by atoms with Crippen LogP contribution in [-0.2, 0) is 4.79 Å². The number of hydrogen-bond acceptors (Lipinski definition) is 3. The highest BCUT2D eigenvalue weighted by Gasteiger charge is 2.26. The van der Waals surface area contributed by atoms with Crippen molar-refractivity contribution in [3.8, 4) is 0 Å². The summed E-state index contributed by atoms with van der Waals surface area (Å²) >= 11 is 0. The van der Waals surface area contributed by atoms with Crippen molar-refractivity contribution in [1.29, 1.82) is 0 Å². The summed E-state index contributed by atoms with van der Waals surface area (Å²) in [6, 6.07) is -0.0631. The van der Waals surface area contributed by atoms with Crippen molar-refractivity contribution in [2.75, 3.05) is 6.54 Å². The van der Waals surface area contributed by atoms with Gasteiger partial charge in [-0.05, 0) is 19.3 Å². The lowest BCUT2D eigenvalue weighted by Gasteiger charge is -2.29. The van der Waals surface area contributed by atoms with Crippen LogP contribution in [0, 0.1) is 5.92 Å². The molecule has 0 saturated heterocycles. The summed E-state index contributed by atoms with van der Waals surface area (Å²) in [6.45, 7) is 2.33.